The number of benzene rings is 7. The van der Waals surface area contributed by atoms with Gasteiger partial charge in [0.1, 0.15) is 11.4 Å². The van der Waals surface area contributed by atoms with E-state index in [1.54, 1.807) is 0 Å². The lowest BCUT2D eigenvalue weighted by atomic mass is 9.99. The maximum atomic E-state index is 6.94. The zero-order chi connectivity index (χ0) is 32.5. The summed E-state index contributed by atoms with van der Waals surface area (Å²) in [5, 5.41) is 4.64. The van der Waals surface area contributed by atoms with Crippen molar-refractivity contribution in [3.8, 4) is 33.6 Å². The topological polar surface area (TPSA) is 35.9 Å². The van der Waals surface area contributed by atoms with E-state index in [1.807, 2.05) is 6.07 Å². The van der Waals surface area contributed by atoms with Gasteiger partial charge >= 0.3 is 0 Å². The largest absolute Gasteiger partial charge is 0.453 e. The Hall–Kier alpha value is -6.39. The fraction of sp³-hybridized carbons (Fsp3) is 0.0444. The van der Waals surface area contributed by atoms with Gasteiger partial charge in [-0.1, -0.05) is 110 Å². The van der Waals surface area contributed by atoms with Crippen LogP contribution in [-0.2, 0) is 6.42 Å². The SMILES string of the molecule is CCc1nc2ccccc2n1-c1cccc2c1oc1c(-c3ccc4c(c3)c3cc(-c5ccccc5)ccc3n4-c3ccccc3)cccc12. The monoisotopic (exact) mass is 629 g/mol. The van der Waals surface area contributed by atoms with E-state index in [-0.39, 0.29) is 0 Å². The molecule has 0 unspecified atom stereocenters. The van der Waals surface area contributed by atoms with Crippen LogP contribution in [0.5, 0.6) is 0 Å². The van der Waals surface area contributed by atoms with Crippen LogP contribution in [0, 0.1) is 0 Å². The Morgan fingerprint density at radius 3 is 1.92 bits per heavy atom. The highest BCUT2D eigenvalue weighted by Crippen LogP contribution is 2.42. The Kier molecular flexibility index (Phi) is 6.12. The highest BCUT2D eigenvalue weighted by atomic mass is 16.3. The van der Waals surface area contributed by atoms with Crippen LogP contribution in [0.1, 0.15) is 12.7 Å². The standard InChI is InChI=1S/C45H31N3O/c1-2-43-46-38-20-9-10-21-41(38)48(43)42-22-12-19-35-34-18-11-17-33(44(34)49-45(35)42)31-24-26-40-37(28-31)36-27-30(29-13-5-3-6-14-29)23-25-39(36)47(40)32-15-7-4-8-16-32/h3-28H,2H2,1H3. The third-order valence-corrected chi connectivity index (χ3v) is 9.89. The molecule has 0 spiro atoms. The first-order valence-corrected chi connectivity index (χ1v) is 16.9. The lowest BCUT2D eigenvalue weighted by Gasteiger charge is -2.09. The number of imidazole rings is 1. The zero-order valence-corrected chi connectivity index (χ0v) is 27.0. The molecule has 4 heteroatoms. The van der Waals surface area contributed by atoms with Gasteiger partial charge in [-0.2, -0.15) is 0 Å². The number of furan rings is 1. The number of rotatable bonds is 5. The summed E-state index contributed by atoms with van der Waals surface area (Å²) >= 11 is 0. The summed E-state index contributed by atoms with van der Waals surface area (Å²) in [5.41, 5.74) is 13.0. The summed E-state index contributed by atoms with van der Waals surface area (Å²) in [6.07, 6.45) is 0.819. The van der Waals surface area contributed by atoms with Crippen molar-refractivity contribution in [2.45, 2.75) is 13.3 Å². The van der Waals surface area contributed by atoms with E-state index in [9.17, 15) is 0 Å². The third kappa shape index (κ3) is 4.20. The second-order valence-electron chi connectivity index (χ2n) is 12.6. The van der Waals surface area contributed by atoms with E-state index < -0.39 is 0 Å². The van der Waals surface area contributed by atoms with E-state index in [1.165, 1.54) is 32.9 Å². The van der Waals surface area contributed by atoms with Crippen molar-refractivity contribution < 1.29 is 4.42 Å². The van der Waals surface area contributed by atoms with E-state index in [4.69, 9.17) is 9.40 Å². The Morgan fingerprint density at radius 2 is 1.14 bits per heavy atom. The average Bonchev–Trinajstić information content (AvgIpc) is 3.84. The number of aryl methyl sites for hydroxylation is 1. The smallest absolute Gasteiger partial charge is 0.159 e. The van der Waals surface area contributed by atoms with Crippen molar-refractivity contribution in [1.82, 2.24) is 14.1 Å². The van der Waals surface area contributed by atoms with Crippen molar-refractivity contribution in [3.63, 3.8) is 0 Å². The molecule has 3 aromatic heterocycles. The summed E-state index contributed by atoms with van der Waals surface area (Å²) in [6.45, 7) is 2.16. The number of hydrogen-bond donors (Lipinski definition) is 0. The van der Waals surface area contributed by atoms with E-state index in [2.05, 4.69) is 168 Å². The molecule has 0 N–H and O–H groups in total. The van der Waals surface area contributed by atoms with Crippen molar-refractivity contribution in [3.05, 3.63) is 164 Å². The highest BCUT2D eigenvalue weighted by molar-refractivity contribution is 6.14. The van der Waals surface area contributed by atoms with Crippen molar-refractivity contribution in [2.75, 3.05) is 0 Å². The van der Waals surface area contributed by atoms with Gasteiger partial charge in [0.25, 0.3) is 0 Å². The van der Waals surface area contributed by atoms with Gasteiger partial charge in [0.15, 0.2) is 5.58 Å². The quantitative estimate of drug-likeness (QED) is 0.190. The molecule has 49 heavy (non-hydrogen) atoms. The number of fused-ring (bicyclic) bond motifs is 7. The summed E-state index contributed by atoms with van der Waals surface area (Å²) in [4.78, 5) is 4.96. The van der Waals surface area contributed by atoms with Crippen LogP contribution in [0.15, 0.2) is 162 Å². The molecule has 0 fully saturated rings. The first-order valence-electron chi connectivity index (χ1n) is 16.9. The molecule has 0 saturated carbocycles. The van der Waals surface area contributed by atoms with Gasteiger partial charge in [0.05, 0.1) is 27.8 Å². The third-order valence-electron chi connectivity index (χ3n) is 9.89. The molecule has 10 rings (SSSR count). The average molecular weight is 630 g/mol. The molecule has 0 aliphatic rings. The summed E-state index contributed by atoms with van der Waals surface area (Å²) in [7, 11) is 0. The van der Waals surface area contributed by atoms with Crippen molar-refractivity contribution in [1.29, 1.82) is 0 Å². The minimum atomic E-state index is 0.819. The van der Waals surface area contributed by atoms with Crippen LogP contribution in [0.2, 0.25) is 0 Å². The molecule has 4 nitrogen and oxygen atoms in total. The van der Waals surface area contributed by atoms with E-state index in [0.29, 0.717) is 0 Å². The second kappa shape index (κ2) is 10.8. The normalized spacial score (nSPS) is 11.9. The van der Waals surface area contributed by atoms with Gasteiger partial charge in [-0.15, -0.1) is 0 Å². The molecular weight excluding hydrogens is 599 g/mol. The Labute approximate surface area is 283 Å². The number of nitrogens with zero attached hydrogens (tertiary/aromatic N) is 3. The molecule has 0 bridgehead atoms. The predicted octanol–water partition coefficient (Wildman–Crippen LogP) is 11.9. The minimum absolute atomic E-state index is 0.819. The van der Waals surface area contributed by atoms with Crippen LogP contribution in [0.25, 0.3) is 88.4 Å². The Bertz CT molecular complexity index is 2860. The van der Waals surface area contributed by atoms with Crippen molar-refractivity contribution >= 4 is 54.8 Å². The molecule has 0 radical (unpaired) electrons. The number of aromatic nitrogens is 3. The number of hydrogen-bond acceptors (Lipinski definition) is 2. The van der Waals surface area contributed by atoms with Crippen LogP contribution >= 0.6 is 0 Å². The van der Waals surface area contributed by atoms with E-state index in [0.717, 1.165) is 67.7 Å². The van der Waals surface area contributed by atoms with Crippen LogP contribution in [0.4, 0.5) is 0 Å². The molecule has 0 atom stereocenters. The fourth-order valence-electron chi connectivity index (χ4n) is 7.65. The van der Waals surface area contributed by atoms with Crippen LogP contribution in [-0.4, -0.2) is 14.1 Å². The highest BCUT2D eigenvalue weighted by Gasteiger charge is 2.20. The predicted molar refractivity (Wildman–Crippen MR) is 203 cm³/mol. The van der Waals surface area contributed by atoms with Crippen LogP contribution in [0.3, 0.4) is 0 Å². The fourth-order valence-corrected chi connectivity index (χ4v) is 7.65. The van der Waals surface area contributed by atoms with Gasteiger partial charge in [0.2, 0.25) is 0 Å². The lowest BCUT2D eigenvalue weighted by molar-refractivity contribution is 0.665. The van der Waals surface area contributed by atoms with Gasteiger partial charge in [-0.3, -0.25) is 4.57 Å². The summed E-state index contributed by atoms with van der Waals surface area (Å²) < 4.78 is 11.6. The Morgan fingerprint density at radius 1 is 0.490 bits per heavy atom. The molecule has 0 aliphatic heterocycles. The van der Waals surface area contributed by atoms with Gasteiger partial charge < -0.3 is 8.98 Å². The summed E-state index contributed by atoms with van der Waals surface area (Å²) in [5.74, 6) is 1.02. The second-order valence-corrected chi connectivity index (χ2v) is 12.6. The van der Waals surface area contributed by atoms with Gasteiger partial charge in [0, 0.05) is 39.2 Å². The molecule has 3 heterocycles. The zero-order valence-electron chi connectivity index (χ0n) is 27.0. The van der Waals surface area contributed by atoms with Crippen LogP contribution < -0.4 is 0 Å². The first kappa shape index (κ1) is 27.7. The molecular formula is C45H31N3O. The Balaban J connectivity index is 1.21. The first-order chi connectivity index (χ1) is 24.3. The molecule has 0 saturated heterocycles. The molecule has 232 valence electrons. The maximum Gasteiger partial charge on any atom is 0.159 e. The summed E-state index contributed by atoms with van der Waals surface area (Å²) in [6, 6.07) is 56.2. The van der Waals surface area contributed by atoms with E-state index >= 15 is 0 Å². The molecule has 7 aromatic carbocycles. The van der Waals surface area contributed by atoms with Gasteiger partial charge in [-0.25, -0.2) is 4.98 Å². The molecule has 0 aliphatic carbocycles. The van der Waals surface area contributed by atoms with Crippen molar-refractivity contribution in [2.24, 2.45) is 0 Å². The lowest BCUT2D eigenvalue weighted by Crippen LogP contribution is -2.00. The maximum absolute atomic E-state index is 6.94. The minimum Gasteiger partial charge on any atom is -0.453 e. The number of para-hydroxylation sites is 5. The molecule has 0 amide bonds. The van der Waals surface area contributed by atoms with Gasteiger partial charge in [-0.05, 0) is 71.3 Å². The molecule has 10 aromatic rings.